The third-order valence-electron chi connectivity index (χ3n) is 2.93. The zero-order chi connectivity index (χ0) is 13.8. The van der Waals surface area contributed by atoms with Crippen molar-refractivity contribution in [2.45, 2.75) is 20.5 Å². The van der Waals surface area contributed by atoms with E-state index in [4.69, 9.17) is 4.74 Å². The van der Waals surface area contributed by atoms with Gasteiger partial charge in [-0.05, 0) is 32.0 Å². The van der Waals surface area contributed by atoms with Gasteiger partial charge in [0, 0.05) is 29.6 Å². The Hall–Kier alpha value is -2.10. The molecule has 0 aliphatic heterocycles. The molecule has 0 spiro atoms. The molecule has 1 heterocycles. The highest BCUT2D eigenvalue weighted by molar-refractivity contribution is 5.51. The molecule has 0 aliphatic rings. The number of aromatic nitrogens is 1. The SMILES string of the molecule is CNc1cccc(F)c1COc1nc(C)ccc1C. The summed E-state index contributed by atoms with van der Waals surface area (Å²) in [6.45, 7) is 3.97. The maximum absolute atomic E-state index is 13.8. The van der Waals surface area contributed by atoms with E-state index in [0.29, 0.717) is 11.4 Å². The first-order valence-electron chi connectivity index (χ1n) is 6.14. The molecular formula is C15H17FN2O. The highest BCUT2D eigenvalue weighted by Gasteiger charge is 2.09. The Bertz CT molecular complexity index is 584. The van der Waals surface area contributed by atoms with Crippen LogP contribution in [0, 0.1) is 19.7 Å². The molecular weight excluding hydrogens is 243 g/mol. The van der Waals surface area contributed by atoms with Gasteiger partial charge in [-0.1, -0.05) is 12.1 Å². The molecule has 0 unspecified atom stereocenters. The predicted octanol–water partition coefficient (Wildman–Crippen LogP) is 3.46. The topological polar surface area (TPSA) is 34.1 Å². The third kappa shape index (κ3) is 3.02. The van der Waals surface area contributed by atoms with E-state index in [1.807, 2.05) is 32.0 Å². The Balaban J connectivity index is 2.21. The van der Waals surface area contributed by atoms with Gasteiger partial charge in [0.1, 0.15) is 12.4 Å². The van der Waals surface area contributed by atoms with Gasteiger partial charge in [0.2, 0.25) is 5.88 Å². The highest BCUT2D eigenvalue weighted by atomic mass is 19.1. The molecule has 0 saturated carbocycles. The molecule has 0 bridgehead atoms. The van der Waals surface area contributed by atoms with Gasteiger partial charge in [-0.15, -0.1) is 0 Å². The average Bonchev–Trinajstić information content (AvgIpc) is 2.40. The number of hydrogen-bond donors (Lipinski definition) is 1. The summed E-state index contributed by atoms with van der Waals surface area (Å²) in [7, 11) is 1.76. The smallest absolute Gasteiger partial charge is 0.216 e. The van der Waals surface area contributed by atoms with Crippen molar-refractivity contribution in [3.63, 3.8) is 0 Å². The molecule has 100 valence electrons. The van der Waals surface area contributed by atoms with Crippen LogP contribution in [0.2, 0.25) is 0 Å². The van der Waals surface area contributed by atoms with Crippen LogP contribution in [-0.4, -0.2) is 12.0 Å². The molecule has 1 N–H and O–H groups in total. The quantitative estimate of drug-likeness (QED) is 0.914. The third-order valence-corrected chi connectivity index (χ3v) is 2.93. The second-order valence-electron chi connectivity index (χ2n) is 4.38. The fourth-order valence-electron chi connectivity index (χ4n) is 1.83. The van der Waals surface area contributed by atoms with Gasteiger partial charge in [-0.2, -0.15) is 0 Å². The molecule has 2 aromatic rings. The lowest BCUT2D eigenvalue weighted by Gasteiger charge is -2.12. The van der Waals surface area contributed by atoms with Crippen LogP contribution in [0.1, 0.15) is 16.8 Å². The zero-order valence-corrected chi connectivity index (χ0v) is 11.3. The number of ether oxygens (including phenoxy) is 1. The van der Waals surface area contributed by atoms with E-state index in [-0.39, 0.29) is 12.4 Å². The molecule has 0 amide bonds. The van der Waals surface area contributed by atoms with Crippen molar-refractivity contribution >= 4 is 5.69 Å². The van der Waals surface area contributed by atoms with Crippen LogP contribution >= 0.6 is 0 Å². The summed E-state index contributed by atoms with van der Waals surface area (Å²) in [4.78, 5) is 4.31. The fraction of sp³-hybridized carbons (Fsp3) is 0.267. The normalized spacial score (nSPS) is 10.3. The lowest BCUT2D eigenvalue weighted by Crippen LogP contribution is -2.05. The maximum Gasteiger partial charge on any atom is 0.216 e. The molecule has 0 radical (unpaired) electrons. The second kappa shape index (κ2) is 5.69. The summed E-state index contributed by atoms with van der Waals surface area (Å²) < 4.78 is 19.4. The van der Waals surface area contributed by atoms with Crippen molar-refractivity contribution < 1.29 is 9.13 Å². The van der Waals surface area contributed by atoms with Gasteiger partial charge in [0.15, 0.2) is 0 Å². The average molecular weight is 260 g/mol. The number of pyridine rings is 1. The van der Waals surface area contributed by atoms with Gasteiger partial charge < -0.3 is 10.1 Å². The Morgan fingerprint density at radius 3 is 2.74 bits per heavy atom. The Kier molecular flexibility index (Phi) is 4.00. The number of nitrogens with one attached hydrogen (secondary N) is 1. The van der Waals surface area contributed by atoms with Crippen molar-refractivity contribution in [1.29, 1.82) is 0 Å². The van der Waals surface area contributed by atoms with Gasteiger partial charge >= 0.3 is 0 Å². The first-order chi connectivity index (χ1) is 9.11. The fourth-order valence-corrected chi connectivity index (χ4v) is 1.83. The van der Waals surface area contributed by atoms with Crippen molar-refractivity contribution in [1.82, 2.24) is 4.98 Å². The zero-order valence-electron chi connectivity index (χ0n) is 11.3. The van der Waals surface area contributed by atoms with E-state index in [9.17, 15) is 4.39 Å². The van der Waals surface area contributed by atoms with E-state index >= 15 is 0 Å². The van der Waals surface area contributed by atoms with E-state index in [1.54, 1.807) is 13.1 Å². The first-order valence-corrected chi connectivity index (χ1v) is 6.14. The molecule has 0 atom stereocenters. The second-order valence-corrected chi connectivity index (χ2v) is 4.38. The Morgan fingerprint density at radius 2 is 2.00 bits per heavy atom. The number of rotatable bonds is 4. The summed E-state index contributed by atoms with van der Waals surface area (Å²) in [6, 6.07) is 8.78. The lowest BCUT2D eigenvalue weighted by molar-refractivity contribution is 0.286. The number of anilines is 1. The van der Waals surface area contributed by atoms with E-state index in [2.05, 4.69) is 10.3 Å². The number of halogens is 1. The van der Waals surface area contributed by atoms with E-state index in [1.165, 1.54) is 6.07 Å². The van der Waals surface area contributed by atoms with Gasteiger partial charge in [-0.25, -0.2) is 9.37 Å². The molecule has 0 aliphatic carbocycles. The summed E-state index contributed by atoms with van der Waals surface area (Å²) >= 11 is 0. The molecule has 3 nitrogen and oxygen atoms in total. The first kappa shape index (κ1) is 13.3. The van der Waals surface area contributed by atoms with Gasteiger partial charge in [-0.3, -0.25) is 0 Å². The Labute approximate surface area is 112 Å². The van der Waals surface area contributed by atoms with E-state index < -0.39 is 0 Å². The minimum absolute atomic E-state index is 0.153. The number of benzene rings is 1. The molecule has 1 aromatic carbocycles. The summed E-state index contributed by atoms with van der Waals surface area (Å²) in [5, 5.41) is 2.96. The number of hydrogen-bond acceptors (Lipinski definition) is 3. The van der Waals surface area contributed by atoms with Crippen molar-refractivity contribution in [2.24, 2.45) is 0 Å². The van der Waals surface area contributed by atoms with Crippen LogP contribution in [0.3, 0.4) is 0 Å². The van der Waals surface area contributed by atoms with Crippen LogP contribution in [0.5, 0.6) is 5.88 Å². The Morgan fingerprint density at radius 1 is 1.21 bits per heavy atom. The summed E-state index contributed by atoms with van der Waals surface area (Å²) in [5.74, 6) is 0.266. The standard InChI is InChI=1S/C15H17FN2O/c1-10-7-8-11(2)18-15(10)19-9-12-13(16)5-4-6-14(12)17-3/h4-8,17H,9H2,1-3H3. The summed E-state index contributed by atoms with van der Waals surface area (Å²) in [6.07, 6.45) is 0. The van der Waals surface area contributed by atoms with Crippen molar-refractivity contribution in [2.75, 3.05) is 12.4 Å². The largest absolute Gasteiger partial charge is 0.472 e. The summed E-state index contributed by atoms with van der Waals surface area (Å²) in [5.41, 5.74) is 3.05. The van der Waals surface area contributed by atoms with Crippen LogP contribution in [0.15, 0.2) is 30.3 Å². The number of aryl methyl sites for hydroxylation is 2. The van der Waals surface area contributed by atoms with Gasteiger partial charge in [0.25, 0.3) is 0 Å². The molecule has 0 saturated heterocycles. The number of nitrogens with zero attached hydrogens (tertiary/aromatic N) is 1. The molecule has 19 heavy (non-hydrogen) atoms. The molecule has 0 fully saturated rings. The minimum Gasteiger partial charge on any atom is -0.472 e. The maximum atomic E-state index is 13.8. The molecule has 1 aromatic heterocycles. The van der Waals surface area contributed by atoms with Crippen LogP contribution in [0.4, 0.5) is 10.1 Å². The van der Waals surface area contributed by atoms with E-state index in [0.717, 1.165) is 16.9 Å². The molecule has 2 rings (SSSR count). The van der Waals surface area contributed by atoms with Crippen LogP contribution < -0.4 is 10.1 Å². The minimum atomic E-state index is -0.280. The lowest BCUT2D eigenvalue weighted by atomic mass is 10.2. The van der Waals surface area contributed by atoms with Gasteiger partial charge in [0.05, 0.1) is 0 Å². The monoisotopic (exact) mass is 260 g/mol. The van der Waals surface area contributed by atoms with Crippen molar-refractivity contribution in [3.05, 3.63) is 53.0 Å². The van der Waals surface area contributed by atoms with Crippen LogP contribution in [-0.2, 0) is 6.61 Å². The predicted molar refractivity (Wildman–Crippen MR) is 74.0 cm³/mol. The molecule has 4 heteroatoms. The van der Waals surface area contributed by atoms with Crippen LogP contribution in [0.25, 0.3) is 0 Å². The van der Waals surface area contributed by atoms with Crippen molar-refractivity contribution in [3.8, 4) is 5.88 Å². The highest BCUT2D eigenvalue weighted by Crippen LogP contribution is 2.22.